The number of benzene rings is 2. The summed E-state index contributed by atoms with van der Waals surface area (Å²) in [4.78, 5) is 12.2. The van der Waals surface area contributed by atoms with E-state index in [4.69, 9.17) is 4.74 Å². The first kappa shape index (κ1) is 19.0. The summed E-state index contributed by atoms with van der Waals surface area (Å²) < 4.78 is 9.15. The van der Waals surface area contributed by atoms with Crippen LogP contribution in [0.2, 0.25) is 0 Å². The zero-order chi connectivity index (χ0) is 20.1. The number of carbonyl (C=O) groups excluding carboxylic acids is 1. The van der Waals surface area contributed by atoms with Crippen LogP contribution in [0.3, 0.4) is 0 Å². The van der Waals surface area contributed by atoms with Crippen LogP contribution in [0, 0.1) is 6.92 Å². The van der Waals surface area contributed by atoms with Gasteiger partial charge in [0.25, 0.3) is 0 Å². The van der Waals surface area contributed by atoms with Crippen LogP contribution in [0.15, 0.2) is 84.3 Å². The minimum Gasteiger partial charge on any atom is -0.460 e. The van der Waals surface area contributed by atoms with Crippen molar-refractivity contribution in [3.05, 3.63) is 90.3 Å². The highest BCUT2D eigenvalue weighted by Crippen LogP contribution is 2.25. The second-order valence-corrected chi connectivity index (χ2v) is 7.42. The summed E-state index contributed by atoms with van der Waals surface area (Å²) in [6.07, 6.45) is 3.83. The van der Waals surface area contributed by atoms with Crippen molar-refractivity contribution < 1.29 is 9.53 Å². The van der Waals surface area contributed by atoms with Crippen LogP contribution < -0.4 is 0 Å². The smallest absolute Gasteiger partial charge is 0.316 e. The number of rotatable bonds is 7. The molecule has 0 fully saturated rings. The van der Waals surface area contributed by atoms with Gasteiger partial charge in [-0.3, -0.25) is 9.47 Å². The van der Waals surface area contributed by atoms with Gasteiger partial charge in [-0.05, 0) is 24.6 Å². The average Bonchev–Trinajstić information content (AvgIpc) is 3.41. The summed E-state index contributed by atoms with van der Waals surface area (Å²) in [6, 6.07) is 21.6. The van der Waals surface area contributed by atoms with Crippen molar-refractivity contribution in [2.24, 2.45) is 0 Å². The largest absolute Gasteiger partial charge is 0.460 e. The van der Waals surface area contributed by atoms with E-state index in [1.165, 1.54) is 17.3 Å². The SMILES string of the molecule is Cc1ccc(-c2nnc(SCC(=O)OCc3ccccc3)n2-n2cccc2)cc1. The summed E-state index contributed by atoms with van der Waals surface area (Å²) in [7, 11) is 0. The Balaban J connectivity index is 1.50. The number of aryl methyl sites for hydroxylation is 1. The van der Waals surface area contributed by atoms with Gasteiger partial charge in [0.1, 0.15) is 6.61 Å². The molecule has 29 heavy (non-hydrogen) atoms. The average molecular weight is 404 g/mol. The van der Waals surface area contributed by atoms with Gasteiger partial charge in [-0.2, -0.15) is 0 Å². The van der Waals surface area contributed by atoms with E-state index in [1.54, 1.807) is 0 Å². The molecule has 0 amide bonds. The summed E-state index contributed by atoms with van der Waals surface area (Å²) in [5, 5.41) is 9.29. The highest BCUT2D eigenvalue weighted by Gasteiger charge is 2.17. The molecule has 0 aliphatic heterocycles. The molecule has 0 aliphatic rings. The molecule has 2 aromatic heterocycles. The maximum Gasteiger partial charge on any atom is 0.316 e. The third kappa shape index (κ3) is 4.57. The van der Waals surface area contributed by atoms with Gasteiger partial charge < -0.3 is 4.74 Å². The Labute approximate surface area is 173 Å². The third-order valence-electron chi connectivity index (χ3n) is 4.30. The van der Waals surface area contributed by atoms with Gasteiger partial charge in [-0.25, -0.2) is 4.68 Å². The molecule has 0 spiro atoms. The fourth-order valence-electron chi connectivity index (χ4n) is 2.81. The molecule has 0 radical (unpaired) electrons. The molecule has 0 aliphatic carbocycles. The Morgan fingerprint density at radius 1 is 0.966 bits per heavy atom. The lowest BCUT2D eigenvalue weighted by atomic mass is 10.1. The van der Waals surface area contributed by atoms with Gasteiger partial charge in [-0.15, -0.1) is 10.2 Å². The number of aromatic nitrogens is 4. The number of hydrogen-bond acceptors (Lipinski definition) is 5. The minimum atomic E-state index is -0.294. The zero-order valence-electron chi connectivity index (χ0n) is 15.9. The van der Waals surface area contributed by atoms with Crippen LogP contribution in [0.4, 0.5) is 0 Å². The van der Waals surface area contributed by atoms with Crippen LogP contribution in [-0.2, 0) is 16.1 Å². The van der Waals surface area contributed by atoms with E-state index < -0.39 is 0 Å². The maximum atomic E-state index is 12.2. The lowest BCUT2D eigenvalue weighted by Crippen LogP contribution is -2.12. The minimum absolute atomic E-state index is 0.153. The van der Waals surface area contributed by atoms with Crippen LogP contribution in [-0.4, -0.2) is 31.3 Å². The molecule has 0 unspecified atom stereocenters. The number of ether oxygens (including phenoxy) is 1. The van der Waals surface area contributed by atoms with Gasteiger partial charge in [0.05, 0.1) is 5.75 Å². The van der Waals surface area contributed by atoms with Crippen molar-refractivity contribution in [1.29, 1.82) is 0 Å². The van der Waals surface area contributed by atoms with E-state index in [0.717, 1.165) is 11.1 Å². The van der Waals surface area contributed by atoms with Gasteiger partial charge in [0.15, 0.2) is 5.82 Å². The summed E-state index contributed by atoms with van der Waals surface area (Å²) in [5.41, 5.74) is 3.09. The molecule has 7 heteroatoms. The number of carbonyl (C=O) groups is 1. The number of nitrogens with zero attached hydrogens (tertiary/aromatic N) is 4. The van der Waals surface area contributed by atoms with E-state index >= 15 is 0 Å². The molecule has 0 saturated carbocycles. The number of hydrogen-bond donors (Lipinski definition) is 0. The van der Waals surface area contributed by atoms with E-state index in [0.29, 0.717) is 11.0 Å². The van der Waals surface area contributed by atoms with E-state index in [-0.39, 0.29) is 18.3 Å². The molecule has 0 atom stereocenters. The maximum absolute atomic E-state index is 12.2. The predicted molar refractivity (Wildman–Crippen MR) is 112 cm³/mol. The molecule has 4 aromatic rings. The summed E-state index contributed by atoms with van der Waals surface area (Å²) >= 11 is 1.30. The highest BCUT2D eigenvalue weighted by molar-refractivity contribution is 7.99. The van der Waals surface area contributed by atoms with Crippen molar-refractivity contribution >= 4 is 17.7 Å². The zero-order valence-corrected chi connectivity index (χ0v) is 16.7. The van der Waals surface area contributed by atoms with E-state index in [2.05, 4.69) is 10.2 Å². The van der Waals surface area contributed by atoms with Gasteiger partial charge in [0, 0.05) is 18.0 Å². The molecule has 0 N–H and O–H groups in total. The standard InChI is InChI=1S/C22H20N4O2S/c1-17-9-11-19(12-10-17)21-23-24-22(26(21)25-13-5-6-14-25)29-16-20(27)28-15-18-7-3-2-4-8-18/h2-14H,15-16H2,1H3. The van der Waals surface area contributed by atoms with Gasteiger partial charge in [0.2, 0.25) is 5.16 Å². The molecule has 6 nitrogen and oxygen atoms in total. The summed E-state index contributed by atoms with van der Waals surface area (Å²) in [6.45, 7) is 2.31. The summed E-state index contributed by atoms with van der Waals surface area (Å²) in [5.74, 6) is 0.569. The molecule has 0 bridgehead atoms. The quantitative estimate of drug-likeness (QED) is 0.341. The topological polar surface area (TPSA) is 61.9 Å². The lowest BCUT2D eigenvalue weighted by molar-refractivity contribution is -0.141. The Hall–Kier alpha value is -3.32. The van der Waals surface area contributed by atoms with Crippen molar-refractivity contribution in [3.8, 4) is 11.4 Å². The molecule has 2 aromatic carbocycles. The first-order chi connectivity index (χ1) is 14.2. The fourth-order valence-corrected chi connectivity index (χ4v) is 3.54. The number of esters is 1. The number of thioether (sulfide) groups is 1. The second-order valence-electron chi connectivity index (χ2n) is 6.48. The predicted octanol–water partition coefficient (Wildman–Crippen LogP) is 4.20. The molecular weight excluding hydrogens is 384 g/mol. The first-order valence-corrected chi connectivity index (χ1v) is 10.2. The monoisotopic (exact) mass is 404 g/mol. The normalized spacial score (nSPS) is 10.8. The van der Waals surface area contributed by atoms with Crippen molar-refractivity contribution in [2.75, 3.05) is 5.75 Å². The molecule has 146 valence electrons. The van der Waals surface area contributed by atoms with Crippen molar-refractivity contribution in [1.82, 2.24) is 19.5 Å². The van der Waals surface area contributed by atoms with Crippen molar-refractivity contribution in [2.45, 2.75) is 18.7 Å². The van der Waals surface area contributed by atoms with Crippen LogP contribution in [0.5, 0.6) is 0 Å². The molecule has 4 rings (SSSR count). The van der Waals surface area contributed by atoms with E-state index in [9.17, 15) is 4.79 Å². The Morgan fingerprint density at radius 3 is 2.41 bits per heavy atom. The molecule has 2 heterocycles. The Bertz CT molecular complexity index is 1070. The first-order valence-electron chi connectivity index (χ1n) is 9.19. The highest BCUT2D eigenvalue weighted by atomic mass is 32.2. The van der Waals surface area contributed by atoms with Gasteiger partial charge in [-0.1, -0.05) is 71.9 Å². The lowest BCUT2D eigenvalue weighted by Gasteiger charge is -2.11. The van der Waals surface area contributed by atoms with Crippen molar-refractivity contribution in [3.63, 3.8) is 0 Å². The van der Waals surface area contributed by atoms with Crippen LogP contribution in [0.1, 0.15) is 11.1 Å². The van der Waals surface area contributed by atoms with Gasteiger partial charge >= 0.3 is 5.97 Å². The Kier molecular flexibility index (Phi) is 5.76. The fraction of sp³-hybridized carbons (Fsp3) is 0.136. The third-order valence-corrected chi connectivity index (χ3v) is 5.20. The Morgan fingerprint density at radius 2 is 1.69 bits per heavy atom. The molecular formula is C22H20N4O2S. The van der Waals surface area contributed by atoms with Crippen LogP contribution in [0.25, 0.3) is 11.4 Å². The second kappa shape index (κ2) is 8.79. The van der Waals surface area contributed by atoms with E-state index in [1.807, 2.05) is 95.4 Å². The molecule has 0 saturated heterocycles. The van der Waals surface area contributed by atoms with Crippen LogP contribution >= 0.6 is 11.8 Å².